The second-order valence-corrected chi connectivity index (χ2v) is 6.53. The van der Waals surface area contributed by atoms with E-state index < -0.39 is 0 Å². The summed E-state index contributed by atoms with van der Waals surface area (Å²) in [6.45, 7) is 0. The van der Waals surface area contributed by atoms with Crippen molar-refractivity contribution in [1.82, 2.24) is 0 Å². The standard InChI is InChI=1S/C19H15Br.Ti/c20-19(17-11-9-13-5-1-3-7-15(13)17)18-12-10-14-6-2-4-8-16(14)18;/h1-12,17-19H;. The van der Waals surface area contributed by atoms with E-state index in [1.54, 1.807) is 0 Å². The van der Waals surface area contributed by atoms with Gasteiger partial charge < -0.3 is 0 Å². The number of benzene rings is 2. The van der Waals surface area contributed by atoms with Crippen LogP contribution in [0.15, 0.2) is 60.7 Å². The van der Waals surface area contributed by atoms with Crippen molar-refractivity contribution in [3.63, 3.8) is 0 Å². The Labute approximate surface area is 149 Å². The van der Waals surface area contributed by atoms with Crippen LogP contribution in [0.1, 0.15) is 34.1 Å². The largest absolute Gasteiger partial charge is 0.0871 e. The minimum atomic E-state index is 0. The fourth-order valence-electron chi connectivity index (χ4n) is 3.33. The third kappa shape index (κ3) is 2.52. The van der Waals surface area contributed by atoms with Crippen LogP contribution in [-0.4, -0.2) is 4.83 Å². The second-order valence-electron chi connectivity index (χ2n) is 5.47. The number of alkyl halides is 1. The average molecular weight is 371 g/mol. The molecule has 0 saturated carbocycles. The summed E-state index contributed by atoms with van der Waals surface area (Å²) in [4.78, 5) is 0.405. The Morgan fingerprint density at radius 3 is 1.62 bits per heavy atom. The first kappa shape index (κ1) is 15.0. The van der Waals surface area contributed by atoms with Crippen LogP contribution in [-0.2, 0) is 21.7 Å². The van der Waals surface area contributed by atoms with Crippen molar-refractivity contribution in [3.8, 4) is 0 Å². The molecule has 0 aromatic heterocycles. The first-order valence-corrected chi connectivity index (χ1v) is 7.94. The molecule has 2 atom stereocenters. The fourth-order valence-corrected chi connectivity index (χ4v) is 4.26. The molecule has 0 bridgehead atoms. The molecule has 102 valence electrons. The van der Waals surface area contributed by atoms with Crippen LogP contribution < -0.4 is 0 Å². The monoisotopic (exact) mass is 370 g/mol. The molecule has 0 saturated heterocycles. The molecular weight excluding hydrogens is 356 g/mol. The molecule has 0 aliphatic heterocycles. The van der Waals surface area contributed by atoms with Gasteiger partial charge in [-0.15, -0.1) is 0 Å². The van der Waals surface area contributed by atoms with E-state index in [0.717, 1.165) is 0 Å². The third-order valence-corrected chi connectivity index (χ3v) is 5.50. The quantitative estimate of drug-likeness (QED) is 0.492. The maximum absolute atomic E-state index is 3.97. The minimum absolute atomic E-state index is 0. The van der Waals surface area contributed by atoms with E-state index in [4.69, 9.17) is 0 Å². The van der Waals surface area contributed by atoms with Crippen LogP contribution in [0.3, 0.4) is 0 Å². The second kappa shape index (κ2) is 6.08. The Bertz CT molecular complexity index is 656. The Kier molecular flexibility index (Phi) is 4.35. The number of hydrogen-bond donors (Lipinski definition) is 0. The van der Waals surface area contributed by atoms with Gasteiger partial charge in [-0.05, 0) is 22.3 Å². The summed E-state index contributed by atoms with van der Waals surface area (Å²) in [5.74, 6) is 0.902. The van der Waals surface area contributed by atoms with Gasteiger partial charge in [0.15, 0.2) is 0 Å². The molecule has 21 heavy (non-hydrogen) atoms. The average Bonchev–Trinajstić information content (AvgIpc) is 3.11. The summed E-state index contributed by atoms with van der Waals surface area (Å²) in [6, 6.07) is 17.4. The molecule has 0 spiro atoms. The maximum Gasteiger partial charge on any atom is 0.0353 e. The maximum atomic E-state index is 3.97. The zero-order valence-corrected chi connectivity index (χ0v) is 14.7. The van der Waals surface area contributed by atoms with Gasteiger partial charge >= 0.3 is 0 Å². The minimum Gasteiger partial charge on any atom is -0.0871 e. The molecule has 0 amide bonds. The number of fused-ring (bicyclic) bond motifs is 2. The molecule has 4 rings (SSSR count). The van der Waals surface area contributed by atoms with E-state index in [1.807, 2.05) is 0 Å². The summed E-state index contributed by atoms with van der Waals surface area (Å²) in [5, 5.41) is 0. The van der Waals surface area contributed by atoms with Crippen molar-refractivity contribution in [2.24, 2.45) is 0 Å². The topological polar surface area (TPSA) is 0 Å². The van der Waals surface area contributed by atoms with Crippen molar-refractivity contribution in [1.29, 1.82) is 0 Å². The number of halogens is 1. The van der Waals surface area contributed by atoms with Crippen LogP contribution in [0.25, 0.3) is 12.2 Å². The predicted octanol–water partition coefficient (Wildman–Crippen LogP) is 5.37. The molecular formula is C19H15BrTi. The van der Waals surface area contributed by atoms with E-state index in [2.05, 4.69) is 88.8 Å². The molecule has 2 aromatic carbocycles. The van der Waals surface area contributed by atoms with Gasteiger partial charge in [-0.3, -0.25) is 0 Å². The van der Waals surface area contributed by atoms with Gasteiger partial charge in [0.25, 0.3) is 0 Å². The number of allylic oxidation sites excluding steroid dienone is 2. The Hall–Kier alpha value is -0.886. The Balaban J connectivity index is 0.00000132. The van der Waals surface area contributed by atoms with Gasteiger partial charge in [-0.2, -0.15) is 0 Å². The van der Waals surface area contributed by atoms with E-state index in [0.29, 0.717) is 16.7 Å². The van der Waals surface area contributed by atoms with Crippen LogP contribution in [0.2, 0.25) is 0 Å². The Morgan fingerprint density at radius 2 is 1.14 bits per heavy atom. The molecule has 2 aliphatic carbocycles. The van der Waals surface area contributed by atoms with E-state index in [9.17, 15) is 0 Å². The molecule has 2 aliphatic rings. The van der Waals surface area contributed by atoms with Crippen molar-refractivity contribution in [2.45, 2.75) is 16.7 Å². The molecule has 0 fully saturated rings. The number of rotatable bonds is 2. The molecule has 2 aromatic rings. The smallest absolute Gasteiger partial charge is 0.0353 e. The summed E-state index contributed by atoms with van der Waals surface area (Å²) < 4.78 is 0. The molecule has 0 N–H and O–H groups in total. The van der Waals surface area contributed by atoms with Crippen molar-refractivity contribution < 1.29 is 21.7 Å². The van der Waals surface area contributed by atoms with Crippen LogP contribution >= 0.6 is 15.9 Å². The zero-order chi connectivity index (χ0) is 13.5. The van der Waals surface area contributed by atoms with Crippen molar-refractivity contribution >= 4 is 28.1 Å². The summed E-state index contributed by atoms with van der Waals surface area (Å²) >= 11 is 3.97. The van der Waals surface area contributed by atoms with Crippen LogP contribution in [0.4, 0.5) is 0 Å². The third-order valence-electron chi connectivity index (χ3n) is 4.36. The van der Waals surface area contributed by atoms with Crippen molar-refractivity contribution in [2.75, 3.05) is 0 Å². The van der Waals surface area contributed by atoms with Gasteiger partial charge in [0.1, 0.15) is 0 Å². The Morgan fingerprint density at radius 1 is 0.714 bits per heavy atom. The number of hydrogen-bond acceptors (Lipinski definition) is 0. The zero-order valence-electron chi connectivity index (χ0n) is 11.5. The van der Waals surface area contributed by atoms with E-state index >= 15 is 0 Å². The molecule has 2 heteroatoms. The molecule has 0 nitrogen and oxygen atoms in total. The van der Waals surface area contributed by atoms with Crippen LogP contribution in [0.5, 0.6) is 0 Å². The van der Waals surface area contributed by atoms with E-state index in [-0.39, 0.29) is 21.7 Å². The molecule has 0 heterocycles. The molecule has 2 unspecified atom stereocenters. The summed E-state index contributed by atoms with van der Waals surface area (Å²) in [6.07, 6.45) is 9.16. The van der Waals surface area contributed by atoms with Gasteiger partial charge in [-0.25, -0.2) is 0 Å². The summed E-state index contributed by atoms with van der Waals surface area (Å²) in [5.41, 5.74) is 5.59. The van der Waals surface area contributed by atoms with Gasteiger partial charge in [0.2, 0.25) is 0 Å². The van der Waals surface area contributed by atoms with Crippen LogP contribution in [0, 0.1) is 0 Å². The predicted molar refractivity (Wildman–Crippen MR) is 89.1 cm³/mol. The molecule has 0 radical (unpaired) electrons. The SMILES string of the molecule is BrC(C1C=Cc2ccccc21)C1C=Cc2ccccc21.[Ti]. The first-order chi connectivity index (χ1) is 9.84. The normalized spacial score (nSPS) is 22.5. The summed E-state index contributed by atoms with van der Waals surface area (Å²) in [7, 11) is 0. The van der Waals surface area contributed by atoms with Gasteiger partial charge in [-0.1, -0.05) is 88.8 Å². The van der Waals surface area contributed by atoms with Crippen molar-refractivity contribution in [3.05, 3.63) is 82.9 Å². The van der Waals surface area contributed by atoms with Gasteiger partial charge in [0, 0.05) is 38.4 Å². The first-order valence-electron chi connectivity index (χ1n) is 7.03. The fraction of sp³-hybridized carbons (Fsp3) is 0.158. The van der Waals surface area contributed by atoms with Gasteiger partial charge in [0.05, 0.1) is 0 Å². The van der Waals surface area contributed by atoms with E-state index in [1.165, 1.54) is 22.3 Å².